The van der Waals surface area contributed by atoms with Crippen molar-refractivity contribution in [3.63, 3.8) is 0 Å². The number of rotatable bonds is 7. The van der Waals surface area contributed by atoms with Gasteiger partial charge in [0.05, 0.1) is 11.4 Å². The predicted octanol–water partition coefficient (Wildman–Crippen LogP) is 2.11. The molecule has 0 amide bonds. The van der Waals surface area contributed by atoms with Gasteiger partial charge in [-0.3, -0.25) is 4.79 Å². The Morgan fingerprint density at radius 2 is 1.93 bits per heavy atom. The first-order chi connectivity index (χ1) is 14.2. The Balaban J connectivity index is 2.20. The van der Waals surface area contributed by atoms with Gasteiger partial charge in [0.25, 0.3) is 0 Å². The number of nitrogens with two attached hydrogens (primary N) is 1. The van der Waals surface area contributed by atoms with Crippen molar-refractivity contribution in [2.75, 3.05) is 6.61 Å². The van der Waals surface area contributed by atoms with Gasteiger partial charge in [-0.25, -0.2) is 19.9 Å². The molecule has 0 aliphatic heterocycles. The van der Waals surface area contributed by atoms with Crippen molar-refractivity contribution in [3.8, 4) is 0 Å². The van der Waals surface area contributed by atoms with E-state index in [2.05, 4.69) is 19.9 Å². The van der Waals surface area contributed by atoms with Gasteiger partial charge in [-0.15, -0.1) is 0 Å². The molecule has 158 valence electrons. The van der Waals surface area contributed by atoms with Crippen LogP contribution in [0.3, 0.4) is 0 Å². The number of halogens is 3. The number of carbonyl (C=O) groups is 1. The lowest BCUT2D eigenvalue weighted by atomic mass is 9.71. The van der Waals surface area contributed by atoms with E-state index in [1.165, 1.54) is 37.2 Å². The summed E-state index contributed by atoms with van der Waals surface area (Å²) in [7, 11) is 0. The molecule has 11 heteroatoms. The van der Waals surface area contributed by atoms with Crippen LogP contribution in [-0.2, 0) is 15.1 Å². The maximum Gasteiger partial charge on any atom is 0.411 e. The van der Waals surface area contributed by atoms with E-state index in [1.807, 2.05) is 0 Å². The molecule has 1 aliphatic carbocycles. The molecule has 1 aliphatic rings. The van der Waals surface area contributed by atoms with Crippen molar-refractivity contribution in [2.45, 2.75) is 24.2 Å². The number of ether oxygens (including phenoxy) is 1. The molecular weight excluding hydrogens is 403 g/mol. The van der Waals surface area contributed by atoms with Crippen molar-refractivity contribution in [3.05, 3.63) is 66.8 Å². The first kappa shape index (κ1) is 21.5. The maximum atomic E-state index is 13.2. The number of nitrogens with zero attached hydrogens (tertiary/aromatic N) is 4. The zero-order valence-electron chi connectivity index (χ0n) is 15.5. The van der Waals surface area contributed by atoms with E-state index in [1.54, 1.807) is 18.2 Å². The predicted molar refractivity (Wildman–Crippen MR) is 98.6 cm³/mol. The van der Waals surface area contributed by atoms with Crippen molar-refractivity contribution in [1.29, 1.82) is 0 Å². The van der Waals surface area contributed by atoms with Crippen molar-refractivity contribution in [2.24, 2.45) is 11.7 Å². The summed E-state index contributed by atoms with van der Waals surface area (Å²) in [6, 6.07) is 1.61. The van der Waals surface area contributed by atoms with Crippen LogP contribution in [0.4, 0.5) is 13.2 Å². The molecule has 3 rings (SSSR count). The summed E-state index contributed by atoms with van der Waals surface area (Å²) in [5.41, 5.74) is 4.64. The lowest BCUT2D eigenvalue weighted by Crippen LogP contribution is -2.46. The van der Waals surface area contributed by atoms with Gasteiger partial charge in [-0.1, -0.05) is 18.2 Å². The lowest BCUT2D eigenvalue weighted by molar-refractivity contribution is -0.204. The largest absolute Gasteiger partial charge is 0.480 e. The second-order valence-electron chi connectivity index (χ2n) is 6.58. The number of aromatic nitrogens is 4. The molecule has 0 fully saturated rings. The summed E-state index contributed by atoms with van der Waals surface area (Å²) in [5, 5.41) is 9.26. The molecule has 3 N–H and O–H groups in total. The molecule has 2 aromatic rings. The summed E-state index contributed by atoms with van der Waals surface area (Å²) >= 11 is 0. The van der Waals surface area contributed by atoms with E-state index >= 15 is 0 Å². The SMILES string of the molecule is NC(CC1C=CC=C(c2ccncn2)C1(OCC(F)(F)F)c1ccncn1)C(=O)O. The summed E-state index contributed by atoms with van der Waals surface area (Å²) in [6.45, 7) is -1.59. The van der Waals surface area contributed by atoms with Crippen LogP contribution in [0.2, 0.25) is 0 Å². The number of allylic oxidation sites excluding steroid dienone is 2. The van der Waals surface area contributed by atoms with Crippen LogP contribution in [0.15, 0.2) is 55.4 Å². The second-order valence-corrected chi connectivity index (χ2v) is 6.58. The Morgan fingerprint density at radius 1 is 1.23 bits per heavy atom. The highest BCUT2D eigenvalue weighted by atomic mass is 19.4. The van der Waals surface area contributed by atoms with Crippen molar-refractivity contribution >= 4 is 11.5 Å². The number of carboxylic acid groups (broad SMARTS) is 1. The molecule has 0 bridgehead atoms. The monoisotopic (exact) mass is 421 g/mol. The third kappa shape index (κ3) is 4.52. The van der Waals surface area contributed by atoms with Gasteiger partial charge in [0.2, 0.25) is 0 Å². The molecule has 2 heterocycles. The maximum absolute atomic E-state index is 13.2. The Kier molecular flexibility index (Phi) is 6.22. The topological polar surface area (TPSA) is 124 Å². The molecule has 0 saturated carbocycles. The molecule has 30 heavy (non-hydrogen) atoms. The number of hydrogen-bond donors (Lipinski definition) is 2. The summed E-state index contributed by atoms with van der Waals surface area (Å²) < 4.78 is 45.1. The van der Waals surface area contributed by atoms with E-state index in [9.17, 15) is 23.1 Å². The molecule has 0 spiro atoms. The van der Waals surface area contributed by atoms with Gasteiger partial charge in [-0.2, -0.15) is 13.2 Å². The zero-order chi connectivity index (χ0) is 21.8. The molecule has 2 aromatic heterocycles. The van der Waals surface area contributed by atoms with E-state index < -0.39 is 36.3 Å². The molecule has 3 unspecified atom stereocenters. The fourth-order valence-electron chi connectivity index (χ4n) is 3.38. The molecule has 0 saturated heterocycles. The van der Waals surface area contributed by atoms with Gasteiger partial charge in [-0.05, 0) is 18.6 Å². The van der Waals surface area contributed by atoms with Crippen LogP contribution < -0.4 is 5.73 Å². The number of carboxylic acids is 1. The smallest absolute Gasteiger partial charge is 0.411 e. The fraction of sp³-hybridized carbons (Fsp3) is 0.316. The van der Waals surface area contributed by atoms with Crippen LogP contribution in [0, 0.1) is 5.92 Å². The molecule has 0 aromatic carbocycles. The van der Waals surface area contributed by atoms with Gasteiger partial charge in [0.15, 0.2) is 0 Å². The van der Waals surface area contributed by atoms with Gasteiger partial charge in [0, 0.05) is 23.9 Å². The molecule has 3 atom stereocenters. The number of hydrogen-bond acceptors (Lipinski definition) is 7. The van der Waals surface area contributed by atoms with Crippen LogP contribution >= 0.6 is 0 Å². The lowest BCUT2D eigenvalue weighted by Gasteiger charge is -2.42. The highest BCUT2D eigenvalue weighted by Crippen LogP contribution is 2.49. The minimum atomic E-state index is -4.64. The summed E-state index contributed by atoms with van der Waals surface area (Å²) in [4.78, 5) is 27.3. The van der Waals surface area contributed by atoms with Gasteiger partial charge in [0.1, 0.15) is 30.9 Å². The van der Waals surface area contributed by atoms with Crippen LogP contribution in [0.5, 0.6) is 0 Å². The Hall–Kier alpha value is -3.18. The third-order valence-corrected chi connectivity index (χ3v) is 4.64. The van der Waals surface area contributed by atoms with Gasteiger partial charge >= 0.3 is 12.1 Å². The first-order valence-corrected chi connectivity index (χ1v) is 8.85. The molecule has 8 nitrogen and oxygen atoms in total. The minimum absolute atomic E-state index is 0.124. The van der Waals surface area contributed by atoms with Crippen molar-refractivity contribution in [1.82, 2.24) is 19.9 Å². The van der Waals surface area contributed by atoms with Gasteiger partial charge < -0.3 is 15.6 Å². The van der Waals surface area contributed by atoms with E-state index in [0.29, 0.717) is 5.69 Å². The summed E-state index contributed by atoms with van der Waals surface area (Å²) in [6.07, 6.45) is 5.12. The van der Waals surface area contributed by atoms with E-state index in [4.69, 9.17) is 10.5 Å². The third-order valence-electron chi connectivity index (χ3n) is 4.64. The van der Waals surface area contributed by atoms with E-state index in [0.717, 1.165) is 0 Å². The van der Waals surface area contributed by atoms with Crippen molar-refractivity contribution < 1.29 is 27.8 Å². The average Bonchev–Trinajstić information content (AvgIpc) is 2.73. The normalized spacial score (nSPS) is 22.4. The Morgan fingerprint density at radius 3 is 2.50 bits per heavy atom. The number of alkyl halides is 3. The average molecular weight is 421 g/mol. The fourth-order valence-corrected chi connectivity index (χ4v) is 3.38. The zero-order valence-corrected chi connectivity index (χ0v) is 15.5. The number of aliphatic carboxylic acids is 1. The standard InChI is InChI=1S/C19H18F3N5O3/c20-18(21,22)9-30-19(16-5-7-25-11-27-16)12(8-14(23)17(28)29)2-1-3-13(19)15-4-6-24-10-26-15/h1-7,10-12,14H,8-9,23H2,(H,28,29). The minimum Gasteiger partial charge on any atom is -0.480 e. The second kappa shape index (κ2) is 8.67. The van der Waals surface area contributed by atoms with Crippen LogP contribution in [-0.4, -0.2) is 49.8 Å². The Labute approximate surface area is 169 Å². The molecular formula is C19H18F3N5O3. The summed E-state index contributed by atoms with van der Waals surface area (Å²) in [5.74, 6) is -2.16. The van der Waals surface area contributed by atoms with E-state index in [-0.39, 0.29) is 17.7 Å². The highest BCUT2D eigenvalue weighted by molar-refractivity contribution is 5.76. The quantitative estimate of drug-likeness (QED) is 0.697. The van der Waals surface area contributed by atoms with Crippen LogP contribution in [0.1, 0.15) is 17.8 Å². The Bertz CT molecular complexity index is 937. The van der Waals surface area contributed by atoms with Crippen LogP contribution in [0.25, 0.3) is 5.57 Å². The first-order valence-electron chi connectivity index (χ1n) is 8.85. The molecule has 0 radical (unpaired) electrons. The highest BCUT2D eigenvalue weighted by Gasteiger charge is 2.50.